The molecule has 1 N–H and O–H groups in total. The third-order valence-electron chi connectivity index (χ3n) is 3.77. The van der Waals surface area contributed by atoms with E-state index in [9.17, 15) is 4.79 Å². The lowest BCUT2D eigenvalue weighted by Crippen LogP contribution is -2.14. The largest absolute Gasteiger partial charge is 0.319 e. The average molecular weight is 317 g/mol. The molecule has 2 aromatic heterocycles. The van der Waals surface area contributed by atoms with E-state index in [1.165, 1.54) is 0 Å². The van der Waals surface area contributed by atoms with Gasteiger partial charge in [0.1, 0.15) is 5.82 Å². The summed E-state index contributed by atoms with van der Waals surface area (Å²) in [5.41, 5.74) is 3.34. The lowest BCUT2D eigenvalue weighted by Gasteiger charge is -2.06. The summed E-state index contributed by atoms with van der Waals surface area (Å²) in [7, 11) is 0. The van der Waals surface area contributed by atoms with Gasteiger partial charge in [-0.2, -0.15) is 5.10 Å². The highest BCUT2D eigenvalue weighted by molar-refractivity contribution is 5.76. The average Bonchev–Trinajstić information content (AvgIpc) is 2.96. The molecule has 0 aliphatic heterocycles. The van der Waals surface area contributed by atoms with Gasteiger partial charge in [-0.1, -0.05) is 24.3 Å². The number of H-pyrrole nitrogens is 1. The van der Waals surface area contributed by atoms with Gasteiger partial charge in [-0.15, -0.1) is 0 Å². The molecule has 0 unspecified atom stereocenters. The second kappa shape index (κ2) is 5.42. The molecule has 0 saturated heterocycles. The Bertz CT molecular complexity index is 1110. The highest BCUT2D eigenvalue weighted by Crippen LogP contribution is 2.19. The minimum atomic E-state index is -0.282. The van der Waals surface area contributed by atoms with Crippen LogP contribution >= 0.6 is 0 Å². The van der Waals surface area contributed by atoms with Crippen LogP contribution in [0.15, 0.2) is 53.3 Å². The van der Waals surface area contributed by atoms with Crippen LogP contribution in [0.3, 0.4) is 0 Å². The third kappa shape index (κ3) is 2.38. The first-order valence-electron chi connectivity index (χ1n) is 7.62. The van der Waals surface area contributed by atoms with Gasteiger partial charge in [0.15, 0.2) is 11.5 Å². The summed E-state index contributed by atoms with van der Waals surface area (Å²) in [6, 6.07) is 15.3. The van der Waals surface area contributed by atoms with Gasteiger partial charge in [-0.25, -0.2) is 14.6 Å². The second-order valence-electron chi connectivity index (χ2n) is 5.67. The van der Waals surface area contributed by atoms with E-state index in [1.54, 1.807) is 11.6 Å². The first-order chi connectivity index (χ1) is 11.6. The number of nitrogens with one attached hydrogen (secondary N) is 1. The Morgan fingerprint density at radius 1 is 1.00 bits per heavy atom. The summed E-state index contributed by atoms with van der Waals surface area (Å²) in [6.07, 6.45) is 0. The van der Waals surface area contributed by atoms with Gasteiger partial charge in [-0.05, 0) is 43.7 Å². The Balaban J connectivity index is 1.98. The molecule has 0 radical (unpaired) electrons. The van der Waals surface area contributed by atoms with E-state index >= 15 is 0 Å². The monoisotopic (exact) mass is 317 g/mol. The molecule has 6 heteroatoms. The van der Waals surface area contributed by atoms with Crippen LogP contribution in [-0.4, -0.2) is 24.7 Å². The molecule has 6 nitrogen and oxygen atoms in total. The molecule has 0 spiro atoms. The molecule has 4 aromatic rings. The summed E-state index contributed by atoms with van der Waals surface area (Å²) in [6.45, 7) is 3.80. The van der Waals surface area contributed by atoms with E-state index in [-0.39, 0.29) is 11.3 Å². The number of hydrogen-bond donors (Lipinski definition) is 1. The van der Waals surface area contributed by atoms with Crippen molar-refractivity contribution in [2.24, 2.45) is 0 Å². The zero-order valence-corrected chi connectivity index (χ0v) is 13.3. The molecule has 24 heavy (non-hydrogen) atoms. The molecule has 0 aliphatic rings. The number of benzene rings is 2. The number of fused-ring (bicyclic) bond motifs is 1. The van der Waals surface area contributed by atoms with E-state index in [4.69, 9.17) is 0 Å². The summed E-state index contributed by atoms with van der Waals surface area (Å²) >= 11 is 0. The van der Waals surface area contributed by atoms with Gasteiger partial charge in [0.25, 0.3) is 5.56 Å². The molecule has 0 saturated carbocycles. The number of rotatable bonds is 2. The van der Waals surface area contributed by atoms with E-state index in [2.05, 4.69) is 20.1 Å². The summed E-state index contributed by atoms with van der Waals surface area (Å²) < 4.78 is 1.66. The fraction of sp³-hybridized carbons (Fsp3) is 0.111. The maximum Gasteiger partial charge on any atom is 0.278 e. The fourth-order valence-electron chi connectivity index (χ4n) is 2.69. The van der Waals surface area contributed by atoms with Crippen LogP contribution in [0.5, 0.6) is 0 Å². The van der Waals surface area contributed by atoms with Crippen molar-refractivity contribution >= 4 is 11.0 Å². The standard InChI is InChI=1S/C18H15N5O/c1-11-6-5-7-13(10-11)23-17(19-12(2)22-23)16-18(24)21-15-9-4-3-8-14(15)20-16/h3-10H,1-2H3,(H,21,24). The Hall–Kier alpha value is -3.28. The summed E-state index contributed by atoms with van der Waals surface area (Å²) in [4.78, 5) is 24.3. The SMILES string of the molecule is Cc1cccc(-n2nc(C)nc2-c2nc3ccccc3[nH]c2=O)c1. The molecule has 0 atom stereocenters. The van der Waals surface area contributed by atoms with Gasteiger partial charge < -0.3 is 4.98 Å². The summed E-state index contributed by atoms with van der Waals surface area (Å²) in [5.74, 6) is 1.02. The van der Waals surface area contributed by atoms with Crippen LogP contribution < -0.4 is 5.56 Å². The molecule has 2 heterocycles. The highest BCUT2D eigenvalue weighted by atomic mass is 16.1. The van der Waals surface area contributed by atoms with Crippen molar-refractivity contribution in [3.05, 3.63) is 70.3 Å². The molecule has 0 fully saturated rings. The van der Waals surface area contributed by atoms with Crippen LogP contribution in [0.4, 0.5) is 0 Å². The summed E-state index contributed by atoms with van der Waals surface area (Å²) in [5, 5.41) is 4.43. The van der Waals surface area contributed by atoms with Crippen molar-refractivity contribution in [2.75, 3.05) is 0 Å². The predicted molar refractivity (Wildman–Crippen MR) is 92.2 cm³/mol. The number of para-hydroxylation sites is 2. The molecular formula is C18H15N5O. The predicted octanol–water partition coefficient (Wildman–Crippen LogP) is 2.79. The Kier molecular flexibility index (Phi) is 3.23. The van der Waals surface area contributed by atoms with Crippen molar-refractivity contribution in [1.82, 2.24) is 24.7 Å². The number of nitrogens with zero attached hydrogens (tertiary/aromatic N) is 4. The number of aryl methyl sites for hydroxylation is 2. The van der Waals surface area contributed by atoms with Crippen molar-refractivity contribution in [3.8, 4) is 17.2 Å². The highest BCUT2D eigenvalue weighted by Gasteiger charge is 2.17. The lowest BCUT2D eigenvalue weighted by molar-refractivity contribution is 0.863. The Morgan fingerprint density at radius 2 is 1.83 bits per heavy atom. The van der Waals surface area contributed by atoms with Crippen LogP contribution in [0, 0.1) is 13.8 Å². The fourth-order valence-corrected chi connectivity index (χ4v) is 2.69. The van der Waals surface area contributed by atoms with Crippen molar-refractivity contribution in [2.45, 2.75) is 13.8 Å². The zero-order valence-electron chi connectivity index (χ0n) is 13.3. The van der Waals surface area contributed by atoms with Gasteiger partial charge in [0.2, 0.25) is 0 Å². The maximum absolute atomic E-state index is 12.5. The molecule has 2 aromatic carbocycles. The van der Waals surface area contributed by atoms with Crippen LogP contribution in [0.25, 0.3) is 28.2 Å². The van der Waals surface area contributed by atoms with E-state index in [0.29, 0.717) is 22.7 Å². The topological polar surface area (TPSA) is 76.5 Å². The van der Waals surface area contributed by atoms with Crippen molar-refractivity contribution in [3.63, 3.8) is 0 Å². The van der Waals surface area contributed by atoms with E-state index < -0.39 is 0 Å². The lowest BCUT2D eigenvalue weighted by atomic mass is 10.2. The first kappa shape index (κ1) is 14.3. The zero-order chi connectivity index (χ0) is 16.7. The van der Waals surface area contributed by atoms with Gasteiger partial charge in [0.05, 0.1) is 16.7 Å². The second-order valence-corrected chi connectivity index (χ2v) is 5.67. The molecule has 0 amide bonds. The maximum atomic E-state index is 12.5. The minimum Gasteiger partial charge on any atom is -0.319 e. The number of aromatic amines is 1. The number of hydrogen-bond acceptors (Lipinski definition) is 4. The normalized spacial score (nSPS) is 11.1. The molecule has 118 valence electrons. The molecule has 4 rings (SSSR count). The Labute approximate surface area is 137 Å². The van der Waals surface area contributed by atoms with Gasteiger partial charge in [0, 0.05) is 0 Å². The van der Waals surface area contributed by atoms with Crippen molar-refractivity contribution in [1.29, 1.82) is 0 Å². The third-order valence-corrected chi connectivity index (χ3v) is 3.77. The van der Waals surface area contributed by atoms with Crippen LogP contribution in [-0.2, 0) is 0 Å². The molecule has 0 bridgehead atoms. The van der Waals surface area contributed by atoms with Crippen LogP contribution in [0.2, 0.25) is 0 Å². The van der Waals surface area contributed by atoms with Crippen LogP contribution in [0.1, 0.15) is 11.4 Å². The molecule has 0 aliphatic carbocycles. The number of aromatic nitrogens is 5. The van der Waals surface area contributed by atoms with E-state index in [1.807, 2.05) is 55.5 Å². The first-order valence-corrected chi connectivity index (χ1v) is 7.62. The smallest absolute Gasteiger partial charge is 0.278 e. The minimum absolute atomic E-state index is 0.260. The quantitative estimate of drug-likeness (QED) is 0.617. The van der Waals surface area contributed by atoms with Gasteiger partial charge in [-0.3, -0.25) is 4.79 Å². The van der Waals surface area contributed by atoms with Crippen molar-refractivity contribution < 1.29 is 0 Å². The molecular weight excluding hydrogens is 302 g/mol. The van der Waals surface area contributed by atoms with E-state index in [0.717, 1.165) is 11.3 Å². The Morgan fingerprint density at radius 3 is 2.67 bits per heavy atom. The van der Waals surface area contributed by atoms with Gasteiger partial charge >= 0.3 is 0 Å².